The van der Waals surface area contributed by atoms with Crippen molar-refractivity contribution in [3.05, 3.63) is 70.8 Å². The normalized spacial score (nSPS) is 12.5. The highest BCUT2D eigenvalue weighted by Crippen LogP contribution is 2.16. The molecular weight excluding hydrogens is 270 g/mol. The second kappa shape index (κ2) is 7.81. The van der Waals surface area contributed by atoms with Gasteiger partial charge in [-0.1, -0.05) is 42.5 Å². The van der Waals surface area contributed by atoms with Crippen LogP contribution in [0, 0.1) is 13.8 Å². The van der Waals surface area contributed by atoms with Gasteiger partial charge in [0.15, 0.2) is 0 Å². The summed E-state index contributed by atoms with van der Waals surface area (Å²) >= 11 is 0. The Morgan fingerprint density at radius 2 is 1.77 bits per heavy atom. The summed E-state index contributed by atoms with van der Waals surface area (Å²) in [6, 6.07) is 14.8. The lowest BCUT2D eigenvalue weighted by Crippen LogP contribution is -2.12. The Balaban J connectivity index is 1.91. The molecule has 0 aromatic heterocycles. The van der Waals surface area contributed by atoms with E-state index in [9.17, 15) is 0 Å². The smallest absolute Gasteiger partial charge is 0.119 e. The largest absolute Gasteiger partial charge is 0.489 e. The molecule has 2 rings (SSSR count). The lowest BCUT2D eigenvalue weighted by Gasteiger charge is -2.08. The SMILES string of the molecule is Cc1ccc(COc2ccc(C=CCC(C)N)cc2)cc1C. The van der Waals surface area contributed by atoms with Crippen molar-refractivity contribution in [2.45, 2.75) is 39.8 Å². The number of hydrogen-bond donors (Lipinski definition) is 1. The van der Waals surface area contributed by atoms with Crippen molar-refractivity contribution in [1.29, 1.82) is 0 Å². The van der Waals surface area contributed by atoms with E-state index in [0.29, 0.717) is 6.61 Å². The standard InChI is InChI=1S/C20H25NO/c1-15-7-8-19(13-16(15)2)14-22-20-11-9-18(10-12-20)6-4-5-17(3)21/h4,6-13,17H,5,14,21H2,1-3H3. The number of nitrogens with two attached hydrogens (primary N) is 1. The van der Waals surface area contributed by atoms with E-state index in [2.05, 4.69) is 56.3 Å². The highest BCUT2D eigenvalue weighted by Gasteiger charge is 1.99. The number of ether oxygens (including phenoxy) is 1. The first-order valence-corrected chi connectivity index (χ1v) is 7.75. The summed E-state index contributed by atoms with van der Waals surface area (Å²) in [5.74, 6) is 0.891. The van der Waals surface area contributed by atoms with Gasteiger partial charge in [0.25, 0.3) is 0 Å². The summed E-state index contributed by atoms with van der Waals surface area (Å²) in [5, 5.41) is 0. The van der Waals surface area contributed by atoms with E-state index in [1.165, 1.54) is 22.3 Å². The van der Waals surface area contributed by atoms with Gasteiger partial charge < -0.3 is 10.5 Å². The minimum atomic E-state index is 0.205. The summed E-state index contributed by atoms with van der Waals surface area (Å²) in [5.41, 5.74) is 10.7. The van der Waals surface area contributed by atoms with Gasteiger partial charge in [0, 0.05) is 6.04 Å². The number of rotatable bonds is 6. The summed E-state index contributed by atoms with van der Waals surface area (Å²) < 4.78 is 5.84. The maximum absolute atomic E-state index is 5.84. The molecule has 116 valence electrons. The van der Waals surface area contributed by atoms with Crippen molar-refractivity contribution in [3.8, 4) is 5.75 Å². The van der Waals surface area contributed by atoms with Crippen molar-refractivity contribution in [2.75, 3.05) is 0 Å². The van der Waals surface area contributed by atoms with Crippen LogP contribution in [0.2, 0.25) is 0 Å². The molecule has 1 atom stereocenters. The maximum atomic E-state index is 5.84. The lowest BCUT2D eigenvalue weighted by atomic mass is 10.1. The molecule has 0 amide bonds. The molecule has 0 spiro atoms. The molecule has 0 aliphatic carbocycles. The highest BCUT2D eigenvalue weighted by atomic mass is 16.5. The van der Waals surface area contributed by atoms with Gasteiger partial charge in [0.1, 0.15) is 12.4 Å². The Morgan fingerprint density at radius 3 is 2.41 bits per heavy atom. The van der Waals surface area contributed by atoms with Crippen LogP contribution in [0.25, 0.3) is 6.08 Å². The average molecular weight is 295 g/mol. The first kappa shape index (κ1) is 16.3. The minimum absolute atomic E-state index is 0.205. The van der Waals surface area contributed by atoms with E-state index in [4.69, 9.17) is 10.5 Å². The quantitative estimate of drug-likeness (QED) is 0.843. The minimum Gasteiger partial charge on any atom is -0.489 e. The third kappa shape index (κ3) is 5.05. The van der Waals surface area contributed by atoms with Crippen LogP contribution in [0.15, 0.2) is 48.5 Å². The summed E-state index contributed by atoms with van der Waals surface area (Å²) in [6.45, 7) is 6.86. The Bertz CT molecular complexity index is 627. The predicted molar refractivity (Wildman–Crippen MR) is 94.0 cm³/mol. The Labute approximate surface area is 133 Å². The summed E-state index contributed by atoms with van der Waals surface area (Å²) in [4.78, 5) is 0. The molecule has 2 aromatic rings. The van der Waals surface area contributed by atoms with Crippen LogP contribution in [0.4, 0.5) is 0 Å². The summed E-state index contributed by atoms with van der Waals surface area (Å²) in [6.07, 6.45) is 5.09. The van der Waals surface area contributed by atoms with Crippen molar-refractivity contribution >= 4 is 6.08 Å². The predicted octanol–water partition coefficient (Wildman–Crippen LogP) is 4.63. The van der Waals surface area contributed by atoms with Crippen LogP contribution in [-0.2, 0) is 6.61 Å². The first-order valence-electron chi connectivity index (χ1n) is 7.75. The first-order chi connectivity index (χ1) is 10.5. The van der Waals surface area contributed by atoms with Crippen LogP contribution >= 0.6 is 0 Å². The van der Waals surface area contributed by atoms with Gasteiger partial charge >= 0.3 is 0 Å². The van der Waals surface area contributed by atoms with E-state index in [1.54, 1.807) is 0 Å². The van der Waals surface area contributed by atoms with Crippen molar-refractivity contribution in [3.63, 3.8) is 0 Å². The van der Waals surface area contributed by atoms with Crippen LogP contribution < -0.4 is 10.5 Å². The fourth-order valence-corrected chi connectivity index (χ4v) is 2.15. The third-order valence-electron chi connectivity index (χ3n) is 3.68. The molecule has 0 aliphatic rings. The van der Waals surface area contributed by atoms with E-state index < -0.39 is 0 Å². The topological polar surface area (TPSA) is 35.2 Å². The monoisotopic (exact) mass is 295 g/mol. The second-order valence-electron chi connectivity index (χ2n) is 5.89. The molecule has 0 heterocycles. The molecule has 0 aliphatic heterocycles. The molecule has 0 radical (unpaired) electrons. The van der Waals surface area contributed by atoms with Gasteiger partial charge in [-0.3, -0.25) is 0 Å². The molecule has 2 N–H and O–H groups in total. The molecule has 1 unspecified atom stereocenters. The zero-order valence-corrected chi connectivity index (χ0v) is 13.7. The van der Waals surface area contributed by atoms with Gasteiger partial charge in [-0.25, -0.2) is 0 Å². The number of aryl methyl sites for hydroxylation is 2. The van der Waals surface area contributed by atoms with E-state index in [0.717, 1.165) is 12.2 Å². The van der Waals surface area contributed by atoms with Crippen LogP contribution in [-0.4, -0.2) is 6.04 Å². The zero-order chi connectivity index (χ0) is 15.9. The molecule has 2 nitrogen and oxygen atoms in total. The zero-order valence-electron chi connectivity index (χ0n) is 13.7. The van der Waals surface area contributed by atoms with E-state index >= 15 is 0 Å². The lowest BCUT2D eigenvalue weighted by molar-refractivity contribution is 0.306. The van der Waals surface area contributed by atoms with Crippen molar-refractivity contribution in [1.82, 2.24) is 0 Å². The van der Waals surface area contributed by atoms with Gasteiger partial charge in [-0.15, -0.1) is 0 Å². The third-order valence-corrected chi connectivity index (χ3v) is 3.68. The Hall–Kier alpha value is -2.06. The van der Waals surface area contributed by atoms with Gasteiger partial charge in [0.2, 0.25) is 0 Å². The van der Waals surface area contributed by atoms with E-state index in [1.807, 2.05) is 19.1 Å². The number of hydrogen-bond acceptors (Lipinski definition) is 2. The molecule has 0 saturated heterocycles. The summed E-state index contributed by atoms with van der Waals surface area (Å²) in [7, 11) is 0. The fraction of sp³-hybridized carbons (Fsp3) is 0.300. The molecule has 2 aromatic carbocycles. The van der Waals surface area contributed by atoms with Crippen molar-refractivity contribution in [2.24, 2.45) is 5.73 Å². The fourth-order valence-electron chi connectivity index (χ4n) is 2.15. The average Bonchev–Trinajstić information content (AvgIpc) is 2.49. The van der Waals surface area contributed by atoms with Gasteiger partial charge in [-0.2, -0.15) is 0 Å². The van der Waals surface area contributed by atoms with Gasteiger partial charge in [0.05, 0.1) is 0 Å². The van der Waals surface area contributed by atoms with Crippen LogP contribution in [0.5, 0.6) is 5.75 Å². The molecular formula is C20H25NO. The molecule has 22 heavy (non-hydrogen) atoms. The highest BCUT2D eigenvalue weighted by molar-refractivity contribution is 5.50. The van der Waals surface area contributed by atoms with E-state index in [-0.39, 0.29) is 6.04 Å². The molecule has 2 heteroatoms. The van der Waals surface area contributed by atoms with Crippen molar-refractivity contribution < 1.29 is 4.74 Å². The van der Waals surface area contributed by atoms with Gasteiger partial charge in [-0.05, 0) is 61.6 Å². The van der Waals surface area contributed by atoms with Crippen LogP contribution in [0.3, 0.4) is 0 Å². The Morgan fingerprint density at radius 1 is 1.05 bits per heavy atom. The Kier molecular flexibility index (Phi) is 5.79. The molecule has 0 fully saturated rings. The maximum Gasteiger partial charge on any atom is 0.119 e. The second-order valence-corrected chi connectivity index (χ2v) is 5.89. The number of benzene rings is 2. The molecule has 0 saturated carbocycles. The van der Waals surface area contributed by atoms with Crippen LogP contribution in [0.1, 0.15) is 35.6 Å². The molecule has 0 bridgehead atoms.